The molecular formula is C9H18BrNO2S. The van der Waals surface area contributed by atoms with Crippen molar-refractivity contribution in [2.45, 2.75) is 32.6 Å². The van der Waals surface area contributed by atoms with Gasteiger partial charge in [-0.1, -0.05) is 35.7 Å². The fraction of sp³-hybridized carbons (Fsp3) is 1.00. The zero-order valence-electron chi connectivity index (χ0n) is 8.50. The number of halogens is 1. The van der Waals surface area contributed by atoms with Gasteiger partial charge < -0.3 is 0 Å². The summed E-state index contributed by atoms with van der Waals surface area (Å²) in [6.07, 6.45) is 4.79. The van der Waals surface area contributed by atoms with Crippen LogP contribution in [-0.2, 0) is 10.0 Å². The Labute approximate surface area is 94.8 Å². The average molecular weight is 284 g/mol. The predicted octanol–water partition coefficient (Wildman–Crippen LogP) is 2.08. The van der Waals surface area contributed by atoms with Crippen LogP contribution in [0.2, 0.25) is 0 Å². The van der Waals surface area contributed by atoms with E-state index in [4.69, 9.17) is 0 Å². The Morgan fingerprint density at radius 2 is 1.86 bits per heavy atom. The number of hydrogen-bond donors (Lipinski definition) is 1. The van der Waals surface area contributed by atoms with E-state index < -0.39 is 10.0 Å². The summed E-state index contributed by atoms with van der Waals surface area (Å²) in [5, 5.41) is 0. The Hall–Kier alpha value is 0.390. The maximum atomic E-state index is 11.1. The highest BCUT2D eigenvalue weighted by Gasteiger charge is 2.19. The summed E-state index contributed by atoms with van der Waals surface area (Å²) in [5.74, 6) is 1.36. The molecule has 0 amide bonds. The molecule has 14 heavy (non-hydrogen) atoms. The van der Waals surface area contributed by atoms with Crippen LogP contribution in [0.4, 0.5) is 0 Å². The topological polar surface area (TPSA) is 46.2 Å². The third kappa shape index (κ3) is 4.28. The van der Waals surface area contributed by atoms with Gasteiger partial charge in [0.1, 0.15) is 4.66 Å². The highest BCUT2D eigenvalue weighted by molar-refractivity contribution is 9.10. The largest absolute Gasteiger partial charge is 0.221 e. The molecule has 0 aliphatic heterocycles. The van der Waals surface area contributed by atoms with Gasteiger partial charge in [-0.05, 0) is 24.7 Å². The maximum Gasteiger partial charge on any atom is 0.221 e. The van der Waals surface area contributed by atoms with Crippen LogP contribution in [0.1, 0.15) is 32.6 Å². The van der Waals surface area contributed by atoms with Gasteiger partial charge in [0.15, 0.2) is 0 Å². The molecule has 0 heterocycles. The van der Waals surface area contributed by atoms with Crippen molar-refractivity contribution in [1.29, 1.82) is 0 Å². The monoisotopic (exact) mass is 283 g/mol. The number of hydrogen-bond acceptors (Lipinski definition) is 2. The number of sulfonamides is 1. The fourth-order valence-corrected chi connectivity index (χ4v) is 2.87. The lowest BCUT2D eigenvalue weighted by molar-refractivity contribution is 0.290. The van der Waals surface area contributed by atoms with Gasteiger partial charge in [0.05, 0.1) is 0 Å². The highest BCUT2D eigenvalue weighted by atomic mass is 79.9. The van der Waals surface area contributed by atoms with Crippen LogP contribution in [0.15, 0.2) is 0 Å². The van der Waals surface area contributed by atoms with Crippen molar-refractivity contribution in [2.75, 3.05) is 11.2 Å². The first kappa shape index (κ1) is 12.5. The van der Waals surface area contributed by atoms with Crippen molar-refractivity contribution in [3.63, 3.8) is 0 Å². The van der Waals surface area contributed by atoms with Crippen LogP contribution in [-0.4, -0.2) is 19.6 Å². The lowest BCUT2D eigenvalue weighted by atomic mass is 9.83. The van der Waals surface area contributed by atoms with Gasteiger partial charge in [0.25, 0.3) is 0 Å². The van der Waals surface area contributed by atoms with E-state index in [1.807, 2.05) is 0 Å². The van der Waals surface area contributed by atoms with Gasteiger partial charge in [0.2, 0.25) is 10.0 Å². The van der Waals surface area contributed by atoms with Gasteiger partial charge in [-0.25, -0.2) is 13.1 Å². The summed E-state index contributed by atoms with van der Waals surface area (Å²) in [5.41, 5.74) is 0. The first-order valence-electron chi connectivity index (χ1n) is 5.07. The van der Waals surface area contributed by atoms with Crippen molar-refractivity contribution in [3.05, 3.63) is 0 Å². The molecular weight excluding hydrogens is 266 g/mol. The third-order valence-corrected chi connectivity index (χ3v) is 5.57. The number of rotatable bonds is 4. The van der Waals surface area contributed by atoms with E-state index in [1.54, 1.807) is 0 Å². The molecule has 1 N–H and O–H groups in total. The standard InChI is InChI=1S/C9H18BrNO2S/c1-8-2-4-9(5-3-8)6-11-14(12,13)7-10/h8-9,11H,2-7H2,1H3. The van der Waals surface area contributed by atoms with Crippen LogP contribution in [0, 0.1) is 11.8 Å². The number of alkyl halides is 1. The molecule has 0 radical (unpaired) electrons. The molecule has 0 atom stereocenters. The molecule has 0 aromatic carbocycles. The quantitative estimate of drug-likeness (QED) is 0.803. The molecule has 0 aromatic rings. The summed E-state index contributed by atoms with van der Waals surface area (Å²) >= 11 is 2.96. The Balaban J connectivity index is 2.26. The second-order valence-electron chi connectivity index (χ2n) is 4.20. The van der Waals surface area contributed by atoms with Gasteiger partial charge in [0, 0.05) is 6.54 Å². The second-order valence-corrected chi connectivity index (χ2v) is 7.31. The van der Waals surface area contributed by atoms with Crippen molar-refractivity contribution in [3.8, 4) is 0 Å². The molecule has 1 fully saturated rings. The van der Waals surface area contributed by atoms with Gasteiger partial charge in [-0.15, -0.1) is 0 Å². The van der Waals surface area contributed by atoms with Crippen molar-refractivity contribution in [1.82, 2.24) is 4.72 Å². The van der Waals surface area contributed by atoms with E-state index in [9.17, 15) is 8.42 Å². The molecule has 84 valence electrons. The minimum atomic E-state index is -3.07. The Bertz CT molecular complexity index is 258. The van der Waals surface area contributed by atoms with Gasteiger partial charge in [-0.3, -0.25) is 0 Å². The first-order valence-corrected chi connectivity index (χ1v) is 7.84. The average Bonchev–Trinajstić information content (AvgIpc) is 2.17. The molecule has 1 aliphatic carbocycles. The van der Waals surface area contributed by atoms with Crippen LogP contribution < -0.4 is 4.72 Å². The lowest BCUT2D eigenvalue weighted by Gasteiger charge is -2.25. The van der Waals surface area contributed by atoms with Crippen molar-refractivity contribution < 1.29 is 8.42 Å². The first-order chi connectivity index (χ1) is 6.53. The Morgan fingerprint density at radius 3 is 2.36 bits per heavy atom. The fourth-order valence-electron chi connectivity index (χ4n) is 1.82. The van der Waals surface area contributed by atoms with Gasteiger partial charge >= 0.3 is 0 Å². The third-order valence-electron chi connectivity index (χ3n) is 2.87. The molecule has 1 aliphatic rings. The van der Waals surface area contributed by atoms with E-state index in [0.717, 1.165) is 18.8 Å². The molecule has 0 unspecified atom stereocenters. The second kappa shape index (κ2) is 5.47. The molecule has 0 spiro atoms. The van der Waals surface area contributed by atoms with E-state index in [-0.39, 0.29) is 4.66 Å². The molecule has 0 saturated heterocycles. The Morgan fingerprint density at radius 1 is 1.29 bits per heavy atom. The molecule has 0 aromatic heterocycles. The van der Waals surface area contributed by atoms with Crippen LogP contribution in [0.25, 0.3) is 0 Å². The van der Waals surface area contributed by atoms with Gasteiger partial charge in [-0.2, -0.15) is 0 Å². The molecule has 5 heteroatoms. The van der Waals surface area contributed by atoms with Crippen LogP contribution in [0.3, 0.4) is 0 Å². The van der Waals surface area contributed by atoms with E-state index in [2.05, 4.69) is 27.6 Å². The summed E-state index contributed by atoms with van der Waals surface area (Å²) < 4.78 is 24.9. The van der Waals surface area contributed by atoms with E-state index >= 15 is 0 Å². The maximum absolute atomic E-state index is 11.1. The number of nitrogens with one attached hydrogen (secondary N) is 1. The van der Waals surface area contributed by atoms with E-state index in [1.165, 1.54) is 12.8 Å². The summed E-state index contributed by atoms with van der Waals surface area (Å²) in [6, 6.07) is 0. The SMILES string of the molecule is CC1CCC(CNS(=O)(=O)CBr)CC1. The molecule has 0 bridgehead atoms. The molecule has 1 saturated carbocycles. The van der Waals surface area contributed by atoms with Crippen LogP contribution >= 0.6 is 15.9 Å². The zero-order valence-corrected chi connectivity index (χ0v) is 10.9. The summed E-state index contributed by atoms with van der Waals surface area (Å²) in [7, 11) is -3.07. The van der Waals surface area contributed by atoms with Crippen molar-refractivity contribution in [2.24, 2.45) is 11.8 Å². The molecule has 1 rings (SSSR count). The minimum absolute atomic E-state index is 0.00310. The van der Waals surface area contributed by atoms with Crippen LogP contribution in [0.5, 0.6) is 0 Å². The highest BCUT2D eigenvalue weighted by Crippen LogP contribution is 2.27. The minimum Gasteiger partial charge on any atom is -0.214 e. The normalized spacial score (nSPS) is 29.0. The lowest BCUT2D eigenvalue weighted by Crippen LogP contribution is -2.31. The summed E-state index contributed by atoms with van der Waals surface area (Å²) in [6.45, 7) is 2.87. The van der Waals surface area contributed by atoms with E-state index in [0.29, 0.717) is 12.5 Å². The predicted molar refractivity (Wildman–Crippen MR) is 61.8 cm³/mol. The zero-order chi connectivity index (χ0) is 10.6. The summed E-state index contributed by atoms with van der Waals surface area (Å²) in [4.78, 5) is 0. The molecule has 3 nitrogen and oxygen atoms in total. The van der Waals surface area contributed by atoms with Crippen molar-refractivity contribution >= 4 is 26.0 Å². The smallest absolute Gasteiger partial charge is 0.214 e. The Kier molecular flexibility index (Phi) is 4.87.